The van der Waals surface area contributed by atoms with E-state index in [0.717, 1.165) is 5.01 Å². The van der Waals surface area contributed by atoms with Gasteiger partial charge in [-0.05, 0) is 7.05 Å². The van der Waals surface area contributed by atoms with Crippen LogP contribution >= 0.6 is 11.3 Å². The molecule has 0 atom stereocenters. The normalized spacial score (nSPS) is 10.5. The fourth-order valence-electron chi connectivity index (χ4n) is 1.10. The number of nitrogen functional groups attached to an aromatic ring is 1. The summed E-state index contributed by atoms with van der Waals surface area (Å²) < 4.78 is 0. The Hall–Kier alpha value is -1.25. The molecule has 0 fully saturated rings. The molecule has 0 unspecified atom stereocenters. The van der Waals surface area contributed by atoms with Gasteiger partial charge in [-0.15, -0.1) is 10.2 Å². The third-order valence-corrected chi connectivity index (χ3v) is 2.83. The number of hydrogen-bond donors (Lipinski definition) is 3. The number of anilines is 1. The van der Waals surface area contributed by atoms with Crippen molar-refractivity contribution in [3.63, 3.8) is 0 Å². The Balaban J connectivity index is 2.33. The quantitative estimate of drug-likeness (QED) is 0.456. The van der Waals surface area contributed by atoms with Gasteiger partial charge in [0.15, 0.2) is 0 Å². The van der Waals surface area contributed by atoms with Crippen LogP contribution in [0.4, 0.5) is 5.13 Å². The molecule has 4 N–H and O–H groups in total. The van der Waals surface area contributed by atoms with Gasteiger partial charge in [0.2, 0.25) is 11.0 Å². The second kappa shape index (κ2) is 6.36. The van der Waals surface area contributed by atoms with Crippen molar-refractivity contribution in [3.8, 4) is 0 Å². The van der Waals surface area contributed by atoms with Gasteiger partial charge in [-0.1, -0.05) is 11.3 Å². The lowest BCUT2D eigenvalue weighted by Gasteiger charge is -2.13. The van der Waals surface area contributed by atoms with E-state index in [9.17, 15) is 4.79 Å². The van der Waals surface area contributed by atoms with Crippen LogP contribution in [-0.2, 0) is 11.3 Å². The highest BCUT2D eigenvalue weighted by molar-refractivity contribution is 7.15. The summed E-state index contributed by atoms with van der Waals surface area (Å²) in [5.41, 5.74) is 2.44. The van der Waals surface area contributed by atoms with Crippen LogP contribution in [0.25, 0.3) is 0 Å². The average molecular weight is 244 g/mol. The Morgan fingerprint density at radius 2 is 2.31 bits per heavy atom. The van der Waals surface area contributed by atoms with Crippen molar-refractivity contribution in [2.45, 2.75) is 13.0 Å². The minimum atomic E-state index is 0.0356. The highest BCUT2D eigenvalue weighted by Crippen LogP contribution is 2.14. The molecule has 0 radical (unpaired) electrons. The summed E-state index contributed by atoms with van der Waals surface area (Å²) in [7, 11) is 3.56. The first-order valence-corrected chi connectivity index (χ1v) is 5.65. The zero-order chi connectivity index (χ0) is 12.0. The fourth-order valence-corrected chi connectivity index (χ4v) is 1.83. The molecule has 1 aromatic heterocycles. The summed E-state index contributed by atoms with van der Waals surface area (Å²) in [6.45, 7) is 1.35. The number of amides is 1. The van der Waals surface area contributed by atoms with Crippen LogP contribution in [0, 0.1) is 0 Å². The average Bonchev–Trinajstić information content (AvgIpc) is 2.73. The molecule has 7 nitrogen and oxygen atoms in total. The number of nitrogens with two attached hydrogens (primary N) is 1. The van der Waals surface area contributed by atoms with Crippen LogP contribution in [0.5, 0.6) is 0 Å². The van der Waals surface area contributed by atoms with Gasteiger partial charge in [0, 0.05) is 20.0 Å². The molecule has 0 aromatic carbocycles. The third kappa shape index (κ3) is 4.09. The molecule has 16 heavy (non-hydrogen) atoms. The number of carbonyl (C=O) groups excluding carboxylic acids is 1. The molecule has 1 heterocycles. The minimum absolute atomic E-state index is 0.0356. The molecule has 0 spiro atoms. The van der Waals surface area contributed by atoms with Crippen molar-refractivity contribution < 1.29 is 4.79 Å². The summed E-state index contributed by atoms with van der Waals surface area (Å²) in [5, 5.41) is 11.8. The van der Waals surface area contributed by atoms with Crippen LogP contribution in [-0.4, -0.2) is 41.6 Å². The first-order chi connectivity index (χ1) is 7.65. The zero-order valence-corrected chi connectivity index (χ0v) is 10.2. The van der Waals surface area contributed by atoms with E-state index in [2.05, 4.69) is 20.9 Å². The van der Waals surface area contributed by atoms with Crippen LogP contribution in [0.15, 0.2) is 0 Å². The predicted octanol–water partition coefficient (Wildman–Crippen LogP) is -0.608. The number of rotatable bonds is 6. The minimum Gasteiger partial charge on any atom is -0.359 e. The predicted molar refractivity (Wildman–Crippen MR) is 62.7 cm³/mol. The number of nitrogens with zero attached hydrogens (tertiary/aromatic N) is 3. The molecule has 0 aliphatic heterocycles. The molecule has 8 heteroatoms. The topological polar surface area (TPSA) is 96.2 Å². The molecule has 0 bridgehead atoms. The summed E-state index contributed by atoms with van der Waals surface area (Å²) in [6, 6.07) is 0. The maximum Gasteiger partial charge on any atom is 0.221 e. The lowest BCUT2D eigenvalue weighted by molar-refractivity contribution is -0.120. The van der Waals surface area contributed by atoms with Crippen LogP contribution in [0.1, 0.15) is 11.4 Å². The van der Waals surface area contributed by atoms with E-state index >= 15 is 0 Å². The Labute approximate surface area is 98.0 Å². The van der Waals surface area contributed by atoms with Crippen LogP contribution < -0.4 is 16.6 Å². The van der Waals surface area contributed by atoms with Crippen molar-refractivity contribution in [1.82, 2.24) is 20.4 Å². The molecule has 90 valence electrons. The van der Waals surface area contributed by atoms with E-state index < -0.39 is 0 Å². The number of aromatic nitrogens is 2. The van der Waals surface area contributed by atoms with Crippen molar-refractivity contribution in [2.24, 2.45) is 5.84 Å². The van der Waals surface area contributed by atoms with E-state index in [0.29, 0.717) is 24.6 Å². The number of hydrogen-bond acceptors (Lipinski definition) is 7. The number of carbonyl (C=O) groups is 1. The molecule has 0 aliphatic carbocycles. The maximum absolute atomic E-state index is 11.0. The SMILES string of the molecule is CNC(=O)CCN(C)Cc1nnc(NN)s1. The summed E-state index contributed by atoms with van der Waals surface area (Å²) in [4.78, 5) is 13.0. The van der Waals surface area contributed by atoms with Crippen LogP contribution in [0.3, 0.4) is 0 Å². The highest BCUT2D eigenvalue weighted by atomic mass is 32.1. The smallest absolute Gasteiger partial charge is 0.221 e. The lowest BCUT2D eigenvalue weighted by Crippen LogP contribution is -2.26. The van der Waals surface area contributed by atoms with E-state index in [-0.39, 0.29) is 5.91 Å². The van der Waals surface area contributed by atoms with Gasteiger partial charge < -0.3 is 5.32 Å². The van der Waals surface area contributed by atoms with Gasteiger partial charge in [-0.2, -0.15) is 0 Å². The van der Waals surface area contributed by atoms with Gasteiger partial charge >= 0.3 is 0 Å². The molecular formula is C8H16N6OS. The van der Waals surface area contributed by atoms with Gasteiger partial charge in [-0.3, -0.25) is 15.1 Å². The second-order valence-electron chi connectivity index (χ2n) is 3.31. The standard InChI is InChI=1S/C8H16N6OS/c1-10-6(15)3-4-14(2)5-7-12-13-8(11-9)16-7/h3-5,9H2,1-2H3,(H,10,15)(H,11,13). The Bertz CT molecular complexity index is 341. The summed E-state index contributed by atoms with van der Waals surface area (Å²) in [6.07, 6.45) is 0.480. The van der Waals surface area contributed by atoms with Gasteiger partial charge in [0.25, 0.3) is 0 Å². The van der Waals surface area contributed by atoms with Crippen molar-refractivity contribution in [2.75, 3.05) is 26.1 Å². The molecule has 0 saturated heterocycles. The van der Waals surface area contributed by atoms with Crippen molar-refractivity contribution >= 4 is 22.4 Å². The van der Waals surface area contributed by atoms with Gasteiger partial charge in [0.1, 0.15) is 5.01 Å². The maximum atomic E-state index is 11.0. The molecular weight excluding hydrogens is 228 g/mol. The van der Waals surface area contributed by atoms with Crippen LogP contribution in [0.2, 0.25) is 0 Å². The summed E-state index contributed by atoms with van der Waals surface area (Å²) >= 11 is 1.40. The molecule has 0 aliphatic rings. The molecule has 1 aromatic rings. The molecule has 0 saturated carbocycles. The van der Waals surface area contributed by atoms with Crippen molar-refractivity contribution in [1.29, 1.82) is 0 Å². The highest BCUT2D eigenvalue weighted by Gasteiger charge is 2.07. The fraction of sp³-hybridized carbons (Fsp3) is 0.625. The Morgan fingerprint density at radius 3 is 2.88 bits per heavy atom. The lowest BCUT2D eigenvalue weighted by atomic mass is 10.4. The number of hydrazine groups is 1. The van der Waals surface area contributed by atoms with Gasteiger partial charge in [-0.25, -0.2) is 5.84 Å². The second-order valence-corrected chi connectivity index (χ2v) is 4.37. The third-order valence-electron chi connectivity index (χ3n) is 1.99. The van der Waals surface area contributed by atoms with E-state index in [1.54, 1.807) is 7.05 Å². The van der Waals surface area contributed by atoms with E-state index in [1.165, 1.54) is 11.3 Å². The monoisotopic (exact) mass is 244 g/mol. The summed E-state index contributed by atoms with van der Waals surface area (Å²) in [5.74, 6) is 5.24. The van der Waals surface area contributed by atoms with Crippen molar-refractivity contribution in [3.05, 3.63) is 5.01 Å². The van der Waals surface area contributed by atoms with Gasteiger partial charge in [0.05, 0.1) is 6.54 Å². The largest absolute Gasteiger partial charge is 0.359 e. The first kappa shape index (κ1) is 12.8. The first-order valence-electron chi connectivity index (χ1n) is 4.84. The zero-order valence-electron chi connectivity index (χ0n) is 9.36. The number of nitrogens with one attached hydrogen (secondary N) is 2. The molecule has 1 rings (SSSR count). The Kier molecular flexibility index (Phi) is 5.09. The van der Waals surface area contributed by atoms with E-state index in [1.807, 2.05) is 11.9 Å². The van der Waals surface area contributed by atoms with E-state index in [4.69, 9.17) is 5.84 Å². The molecule has 1 amide bonds. The Morgan fingerprint density at radius 1 is 1.56 bits per heavy atom.